The van der Waals surface area contributed by atoms with E-state index in [-0.39, 0.29) is 11.9 Å². The molecule has 1 aromatic rings. The number of aromatic nitrogens is 2. The number of carbonyl (C=O) groups excluding carboxylic acids is 1. The van der Waals surface area contributed by atoms with Crippen molar-refractivity contribution < 1.29 is 4.79 Å². The number of rotatable bonds is 2. The summed E-state index contributed by atoms with van der Waals surface area (Å²) < 4.78 is 1.66. The van der Waals surface area contributed by atoms with Gasteiger partial charge in [0.25, 0.3) is 5.91 Å². The molecule has 1 amide bonds. The van der Waals surface area contributed by atoms with Crippen LogP contribution in [-0.2, 0) is 7.05 Å². The van der Waals surface area contributed by atoms with E-state index >= 15 is 0 Å². The second-order valence-corrected chi connectivity index (χ2v) is 5.26. The van der Waals surface area contributed by atoms with E-state index in [4.69, 9.17) is 11.6 Å². The lowest BCUT2D eigenvalue weighted by atomic mass is 10.1. The van der Waals surface area contributed by atoms with Gasteiger partial charge in [-0.1, -0.05) is 12.8 Å². The summed E-state index contributed by atoms with van der Waals surface area (Å²) in [5.74, 6) is 0.577. The third-order valence-corrected chi connectivity index (χ3v) is 3.89. The van der Waals surface area contributed by atoms with Gasteiger partial charge in [0.1, 0.15) is 5.69 Å². The van der Waals surface area contributed by atoms with Gasteiger partial charge in [0.05, 0.1) is 5.69 Å². The number of aryl methyl sites for hydroxylation is 2. The fourth-order valence-corrected chi connectivity index (χ4v) is 2.88. The molecule has 1 unspecified atom stereocenters. The molecular weight excluding hydrogens is 250 g/mol. The Bertz CT molecular complexity index is 430. The molecule has 1 fully saturated rings. The fourth-order valence-electron chi connectivity index (χ4n) is 2.56. The molecule has 1 aliphatic rings. The van der Waals surface area contributed by atoms with E-state index in [9.17, 15) is 4.79 Å². The maximum absolute atomic E-state index is 12.6. The van der Waals surface area contributed by atoms with Crippen LogP contribution in [0.4, 0.5) is 0 Å². The lowest BCUT2D eigenvalue weighted by molar-refractivity contribution is 0.0689. The first-order valence-corrected chi connectivity index (χ1v) is 7.04. The van der Waals surface area contributed by atoms with Gasteiger partial charge in [0.2, 0.25) is 0 Å². The highest BCUT2D eigenvalue weighted by Crippen LogP contribution is 2.20. The molecule has 0 saturated carbocycles. The Labute approximate surface area is 113 Å². The second kappa shape index (κ2) is 5.74. The highest BCUT2D eigenvalue weighted by molar-refractivity contribution is 6.18. The predicted molar refractivity (Wildman–Crippen MR) is 72.0 cm³/mol. The summed E-state index contributed by atoms with van der Waals surface area (Å²) in [6.45, 7) is 2.71. The van der Waals surface area contributed by atoms with Crippen LogP contribution >= 0.6 is 11.6 Å². The fraction of sp³-hybridized carbons (Fsp3) is 0.692. The van der Waals surface area contributed by atoms with E-state index in [1.54, 1.807) is 4.68 Å². The standard InChI is InChI=1S/C13H20ClN3O/c1-10-8-12(16(2)15-10)13(18)17-7-5-3-4-6-11(17)9-14/h8,11H,3-7,9H2,1-2H3. The quantitative estimate of drug-likeness (QED) is 0.773. The minimum absolute atomic E-state index is 0.0608. The lowest BCUT2D eigenvalue weighted by Gasteiger charge is -2.28. The van der Waals surface area contributed by atoms with E-state index in [1.165, 1.54) is 6.42 Å². The van der Waals surface area contributed by atoms with Gasteiger partial charge in [0.15, 0.2) is 0 Å². The molecule has 0 radical (unpaired) electrons. The van der Waals surface area contributed by atoms with Crippen LogP contribution in [0.5, 0.6) is 0 Å². The Morgan fingerprint density at radius 2 is 2.28 bits per heavy atom. The third-order valence-electron chi connectivity index (χ3n) is 3.54. The van der Waals surface area contributed by atoms with Gasteiger partial charge in [-0.3, -0.25) is 9.48 Å². The van der Waals surface area contributed by atoms with Crippen LogP contribution in [0.2, 0.25) is 0 Å². The van der Waals surface area contributed by atoms with E-state index in [0.29, 0.717) is 11.6 Å². The van der Waals surface area contributed by atoms with Crippen LogP contribution in [0.15, 0.2) is 6.07 Å². The molecule has 1 atom stereocenters. The summed E-state index contributed by atoms with van der Waals surface area (Å²) in [6.07, 6.45) is 4.41. The number of hydrogen-bond acceptors (Lipinski definition) is 2. The average Bonchev–Trinajstić information content (AvgIpc) is 2.56. The van der Waals surface area contributed by atoms with Gasteiger partial charge < -0.3 is 4.90 Å². The average molecular weight is 270 g/mol. The van der Waals surface area contributed by atoms with Crippen molar-refractivity contribution in [3.63, 3.8) is 0 Å². The van der Waals surface area contributed by atoms with Crippen molar-refractivity contribution >= 4 is 17.5 Å². The number of amides is 1. The van der Waals surface area contributed by atoms with Crippen molar-refractivity contribution in [2.75, 3.05) is 12.4 Å². The Kier molecular flexibility index (Phi) is 4.27. The number of likely N-dealkylation sites (tertiary alicyclic amines) is 1. The lowest BCUT2D eigenvalue weighted by Crippen LogP contribution is -2.41. The van der Waals surface area contributed by atoms with Gasteiger partial charge >= 0.3 is 0 Å². The molecule has 0 aromatic carbocycles. The van der Waals surface area contributed by atoms with Gasteiger partial charge in [0, 0.05) is 25.5 Å². The molecule has 100 valence electrons. The monoisotopic (exact) mass is 269 g/mol. The first kappa shape index (κ1) is 13.4. The summed E-state index contributed by atoms with van der Waals surface area (Å²) in [6, 6.07) is 2.01. The maximum atomic E-state index is 12.6. The first-order chi connectivity index (χ1) is 8.63. The summed E-state index contributed by atoms with van der Waals surface area (Å²) in [7, 11) is 1.81. The van der Waals surface area contributed by atoms with Gasteiger partial charge in [-0.25, -0.2) is 0 Å². The van der Waals surface area contributed by atoms with Crippen LogP contribution in [0, 0.1) is 6.92 Å². The van der Waals surface area contributed by atoms with Crippen LogP contribution in [0.3, 0.4) is 0 Å². The molecule has 1 aliphatic heterocycles. The molecule has 2 rings (SSSR count). The number of carbonyl (C=O) groups is 1. The Hall–Kier alpha value is -1.03. The van der Waals surface area contributed by atoms with Crippen molar-refractivity contribution in [2.45, 2.75) is 38.6 Å². The van der Waals surface area contributed by atoms with Crippen LogP contribution in [-0.4, -0.2) is 39.1 Å². The van der Waals surface area contributed by atoms with Crippen molar-refractivity contribution in [2.24, 2.45) is 7.05 Å². The van der Waals surface area contributed by atoms with Crippen LogP contribution in [0.25, 0.3) is 0 Å². The highest BCUT2D eigenvalue weighted by Gasteiger charge is 2.27. The topological polar surface area (TPSA) is 38.1 Å². The number of alkyl halides is 1. The van der Waals surface area contributed by atoms with Crippen molar-refractivity contribution in [3.8, 4) is 0 Å². The maximum Gasteiger partial charge on any atom is 0.272 e. The van der Waals surface area contributed by atoms with Gasteiger partial charge in [-0.2, -0.15) is 5.10 Å². The van der Waals surface area contributed by atoms with Crippen LogP contribution in [0.1, 0.15) is 41.9 Å². The van der Waals surface area contributed by atoms with Crippen LogP contribution < -0.4 is 0 Å². The zero-order chi connectivity index (χ0) is 13.1. The van der Waals surface area contributed by atoms with Crippen molar-refractivity contribution in [1.82, 2.24) is 14.7 Å². The number of hydrogen-bond donors (Lipinski definition) is 0. The van der Waals surface area contributed by atoms with Crippen molar-refractivity contribution in [1.29, 1.82) is 0 Å². The van der Waals surface area contributed by atoms with E-state index in [1.807, 2.05) is 24.9 Å². The zero-order valence-electron chi connectivity index (χ0n) is 11.0. The molecule has 18 heavy (non-hydrogen) atoms. The predicted octanol–water partition coefficient (Wildman–Crippen LogP) is 2.35. The zero-order valence-corrected chi connectivity index (χ0v) is 11.8. The minimum atomic E-state index is 0.0608. The summed E-state index contributed by atoms with van der Waals surface area (Å²) >= 11 is 6.01. The molecule has 1 saturated heterocycles. The van der Waals surface area contributed by atoms with E-state index < -0.39 is 0 Å². The minimum Gasteiger partial charge on any atom is -0.333 e. The molecule has 1 aromatic heterocycles. The molecule has 2 heterocycles. The second-order valence-electron chi connectivity index (χ2n) is 4.95. The van der Waals surface area contributed by atoms with E-state index in [0.717, 1.165) is 31.5 Å². The van der Waals surface area contributed by atoms with Gasteiger partial charge in [-0.15, -0.1) is 11.6 Å². The summed E-state index contributed by atoms with van der Waals surface area (Å²) in [4.78, 5) is 14.5. The molecule has 0 spiro atoms. The molecule has 5 heteroatoms. The SMILES string of the molecule is Cc1cc(C(=O)N2CCCCCC2CCl)n(C)n1. The Balaban J connectivity index is 2.22. The van der Waals surface area contributed by atoms with E-state index in [2.05, 4.69) is 5.10 Å². The molecule has 4 nitrogen and oxygen atoms in total. The molecule has 0 bridgehead atoms. The molecule has 0 aliphatic carbocycles. The third kappa shape index (κ3) is 2.69. The van der Waals surface area contributed by atoms with Crippen molar-refractivity contribution in [3.05, 3.63) is 17.5 Å². The smallest absolute Gasteiger partial charge is 0.272 e. The Morgan fingerprint density at radius 1 is 1.50 bits per heavy atom. The number of halogens is 1. The number of nitrogens with zero attached hydrogens (tertiary/aromatic N) is 3. The largest absolute Gasteiger partial charge is 0.333 e. The molecule has 0 N–H and O–H groups in total. The summed E-state index contributed by atoms with van der Waals surface area (Å²) in [5, 5.41) is 4.24. The molecular formula is C13H20ClN3O. The normalized spacial score (nSPS) is 20.8. The highest BCUT2D eigenvalue weighted by atomic mass is 35.5. The van der Waals surface area contributed by atoms with Gasteiger partial charge in [-0.05, 0) is 25.8 Å². The summed E-state index contributed by atoms with van der Waals surface area (Å²) in [5.41, 5.74) is 1.53. The Morgan fingerprint density at radius 3 is 2.89 bits per heavy atom. The first-order valence-electron chi connectivity index (χ1n) is 6.51.